The Morgan fingerprint density at radius 2 is 2.03 bits per heavy atom. The number of amides is 3. The van der Waals surface area contributed by atoms with E-state index in [2.05, 4.69) is 15.6 Å². The van der Waals surface area contributed by atoms with Crippen LogP contribution in [0.5, 0.6) is 5.75 Å². The van der Waals surface area contributed by atoms with Gasteiger partial charge in [-0.15, -0.1) is 11.3 Å². The number of aromatic nitrogens is 1. The summed E-state index contributed by atoms with van der Waals surface area (Å²) < 4.78 is 14.2. The molecule has 1 aromatic carbocycles. The van der Waals surface area contributed by atoms with Gasteiger partial charge in [-0.2, -0.15) is 0 Å². The fraction of sp³-hybridized carbons (Fsp3) is 0.520. The second-order valence-corrected chi connectivity index (χ2v) is 10.7. The quantitative estimate of drug-likeness (QED) is 0.423. The second-order valence-electron chi connectivity index (χ2n) is 9.88. The lowest BCUT2D eigenvalue weighted by Crippen LogP contribution is -2.56. The highest BCUT2D eigenvalue weighted by atomic mass is 32.1. The summed E-state index contributed by atoms with van der Waals surface area (Å²) in [5, 5.41) is 25.9. The first kappa shape index (κ1) is 26.0. The number of aryl methyl sites for hydroxylation is 1. The molecule has 1 aliphatic carbocycles. The van der Waals surface area contributed by atoms with Crippen LogP contribution in [0.3, 0.4) is 0 Å². The zero-order valence-electron chi connectivity index (χ0n) is 20.5. The molecule has 3 atom stereocenters. The number of carbonyl (C=O) groups is 3. The first-order chi connectivity index (χ1) is 17.0. The number of alkyl halides is 1. The van der Waals surface area contributed by atoms with Gasteiger partial charge in [-0.25, -0.2) is 9.37 Å². The fourth-order valence-corrected chi connectivity index (χ4v) is 5.14. The van der Waals surface area contributed by atoms with Crippen molar-refractivity contribution in [2.45, 2.75) is 70.4 Å². The van der Waals surface area contributed by atoms with Crippen LogP contribution in [0, 0.1) is 12.8 Å². The summed E-state index contributed by atoms with van der Waals surface area (Å²) in [5.41, 5.74) is 1.98. The van der Waals surface area contributed by atoms with Gasteiger partial charge in [-0.1, -0.05) is 26.0 Å². The Hall–Kier alpha value is -3.05. The van der Waals surface area contributed by atoms with Crippen LogP contribution in [0.4, 0.5) is 4.39 Å². The van der Waals surface area contributed by atoms with Crippen LogP contribution in [0.25, 0.3) is 10.4 Å². The first-order valence-electron chi connectivity index (χ1n) is 12.0. The van der Waals surface area contributed by atoms with Gasteiger partial charge >= 0.3 is 0 Å². The third-order valence-electron chi connectivity index (χ3n) is 6.73. The van der Waals surface area contributed by atoms with Crippen molar-refractivity contribution >= 4 is 29.1 Å². The maximum absolute atomic E-state index is 14.2. The van der Waals surface area contributed by atoms with E-state index in [9.17, 15) is 29.0 Å². The number of nitrogens with zero attached hydrogens (tertiary/aromatic N) is 2. The summed E-state index contributed by atoms with van der Waals surface area (Å²) in [6.07, 6.45) is -0.607. The van der Waals surface area contributed by atoms with Crippen molar-refractivity contribution in [3.8, 4) is 16.2 Å². The van der Waals surface area contributed by atoms with Crippen LogP contribution in [0.2, 0.25) is 0 Å². The summed E-state index contributed by atoms with van der Waals surface area (Å²) in [6, 6.07) is 3.20. The lowest BCUT2D eigenvalue weighted by Gasteiger charge is -2.30. The van der Waals surface area contributed by atoms with E-state index < -0.39 is 41.6 Å². The number of halogens is 1. The molecule has 2 aliphatic rings. The van der Waals surface area contributed by atoms with Gasteiger partial charge in [-0.05, 0) is 37.3 Å². The summed E-state index contributed by atoms with van der Waals surface area (Å²) >= 11 is 1.47. The predicted molar refractivity (Wildman–Crippen MR) is 132 cm³/mol. The van der Waals surface area contributed by atoms with Gasteiger partial charge in [0, 0.05) is 25.1 Å². The molecule has 1 saturated carbocycles. The minimum atomic E-state index is -1.93. The van der Waals surface area contributed by atoms with E-state index in [-0.39, 0.29) is 44.0 Å². The molecule has 2 fully saturated rings. The number of benzene rings is 1. The van der Waals surface area contributed by atoms with Gasteiger partial charge in [0.1, 0.15) is 17.8 Å². The third kappa shape index (κ3) is 5.36. The zero-order chi connectivity index (χ0) is 26.2. The molecule has 3 amide bonds. The molecule has 1 aromatic heterocycles. The highest BCUT2D eigenvalue weighted by Crippen LogP contribution is 2.40. The Labute approximate surface area is 212 Å². The highest BCUT2D eigenvalue weighted by molar-refractivity contribution is 7.13. The van der Waals surface area contributed by atoms with Crippen LogP contribution in [-0.4, -0.2) is 68.2 Å². The summed E-state index contributed by atoms with van der Waals surface area (Å²) in [5.74, 6) is -2.17. The number of aliphatic hydroxyl groups is 1. The molecule has 1 aliphatic heterocycles. The minimum Gasteiger partial charge on any atom is -0.508 e. The summed E-state index contributed by atoms with van der Waals surface area (Å²) in [7, 11) is 0. The smallest absolute Gasteiger partial charge is 0.258 e. The van der Waals surface area contributed by atoms with E-state index in [1.807, 2.05) is 13.0 Å². The molecule has 0 unspecified atom stereocenters. The molecule has 0 spiro atoms. The number of rotatable bonds is 8. The van der Waals surface area contributed by atoms with Crippen molar-refractivity contribution in [3.05, 3.63) is 35.0 Å². The summed E-state index contributed by atoms with van der Waals surface area (Å²) in [4.78, 5) is 45.0. The van der Waals surface area contributed by atoms with Gasteiger partial charge in [0.25, 0.3) is 5.91 Å². The molecule has 4 N–H and O–H groups in total. The van der Waals surface area contributed by atoms with Gasteiger partial charge in [0.2, 0.25) is 11.8 Å². The van der Waals surface area contributed by atoms with Crippen LogP contribution in [-0.2, 0) is 20.9 Å². The average molecular weight is 519 g/mol. The molecule has 9 nitrogen and oxygen atoms in total. The molecular formula is C25H31FN4O5S. The van der Waals surface area contributed by atoms with Gasteiger partial charge in [-0.3, -0.25) is 14.4 Å². The number of aliphatic hydroxyl groups excluding tert-OH is 1. The predicted octanol–water partition coefficient (Wildman–Crippen LogP) is 2.05. The number of likely N-dealkylation sites (tertiary alicyclic amines) is 1. The van der Waals surface area contributed by atoms with Gasteiger partial charge < -0.3 is 25.7 Å². The van der Waals surface area contributed by atoms with Crippen molar-refractivity contribution in [1.82, 2.24) is 20.5 Å². The first-order valence-corrected chi connectivity index (χ1v) is 12.9. The molecule has 2 heterocycles. The average Bonchev–Trinajstić information content (AvgIpc) is 3.24. The number of β-amino-alcohol motifs (C(OH)–C–C–N with tert-alkyl or cyclic N) is 1. The largest absolute Gasteiger partial charge is 0.508 e. The van der Waals surface area contributed by atoms with Gasteiger partial charge in [0.05, 0.1) is 22.2 Å². The number of nitrogens with one attached hydrogen (secondary N) is 2. The molecule has 0 bridgehead atoms. The maximum Gasteiger partial charge on any atom is 0.258 e. The van der Waals surface area contributed by atoms with Crippen LogP contribution < -0.4 is 10.6 Å². The minimum absolute atomic E-state index is 0.0165. The van der Waals surface area contributed by atoms with Crippen molar-refractivity contribution in [1.29, 1.82) is 0 Å². The Morgan fingerprint density at radius 3 is 2.61 bits per heavy atom. The fourth-order valence-electron chi connectivity index (χ4n) is 4.34. The van der Waals surface area contributed by atoms with Gasteiger partial charge in [0.15, 0.2) is 5.67 Å². The van der Waals surface area contributed by atoms with Crippen molar-refractivity contribution in [2.24, 2.45) is 5.92 Å². The number of phenols is 1. The van der Waals surface area contributed by atoms with E-state index in [0.717, 1.165) is 16.1 Å². The summed E-state index contributed by atoms with van der Waals surface area (Å²) in [6.45, 7) is 5.29. The molecule has 194 valence electrons. The molecule has 11 heteroatoms. The molecular weight excluding hydrogens is 487 g/mol. The van der Waals surface area contributed by atoms with E-state index in [1.165, 1.54) is 16.2 Å². The van der Waals surface area contributed by atoms with E-state index in [0.29, 0.717) is 5.56 Å². The Kier molecular flexibility index (Phi) is 7.33. The zero-order valence-corrected chi connectivity index (χ0v) is 21.3. The van der Waals surface area contributed by atoms with Crippen molar-refractivity contribution in [3.63, 3.8) is 0 Å². The topological polar surface area (TPSA) is 132 Å². The van der Waals surface area contributed by atoms with E-state index >= 15 is 0 Å². The lowest BCUT2D eigenvalue weighted by molar-refractivity contribution is -0.143. The van der Waals surface area contributed by atoms with Crippen LogP contribution in [0.1, 0.15) is 44.4 Å². The maximum atomic E-state index is 14.2. The van der Waals surface area contributed by atoms with Crippen LogP contribution in [0.15, 0.2) is 23.7 Å². The standard InChI is InChI=1S/C25H31FN4O5S/c1-13(2)20(29-24(35)25(26)6-7-25)23(34)30-11-17(31)9-18(30)22(33)27-10-16-5-4-15(8-19(16)32)21-14(3)28-12-36-21/h4-5,8,12-13,17-18,20,31-32H,6-7,9-11H2,1-3H3,(H,27,33)(H,29,35)/t17-,18+,20+/m1/s1. The highest BCUT2D eigenvalue weighted by Gasteiger charge is 2.52. The number of thiazole rings is 1. The Morgan fingerprint density at radius 1 is 1.31 bits per heavy atom. The lowest BCUT2D eigenvalue weighted by atomic mass is 10.0. The number of hydrogen-bond donors (Lipinski definition) is 4. The van der Waals surface area contributed by atoms with Crippen molar-refractivity contribution in [2.75, 3.05) is 6.54 Å². The number of carbonyl (C=O) groups excluding carboxylic acids is 3. The normalized spacial score (nSPS) is 21.3. The second kappa shape index (κ2) is 10.1. The molecule has 1 saturated heterocycles. The SMILES string of the molecule is Cc1ncsc1-c1ccc(CNC(=O)[C@@H]2C[C@@H](O)CN2C(=O)[C@@H](NC(=O)C2(F)CC2)C(C)C)c(O)c1. The van der Waals surface area contributed by atoms with Crippen molar-refractivity contribution < 1.29 is 29.0 Å². The van der Waals surface area contributed by atoms with E-state index in [4.69, 9.17) is 0 Å². The molecule has 2 aromatic rings. The number of hydrogen-bond acceptors (Lipinski definition) is 7. The molecule has 36 heavy (non-hydrogen) atoms. The van der Waals surface area contributed by atoms with E-state index in [1.54, 1.807) is 31.5 Å². The number of aromatic hydroxyl groups is 1. The molecule has 4 rings (SSSR count). The third-order valence-corrected chi connectivity index (χ3v) is 7.70. The van der Waals surface area contributed by atoms with Crippen LogP contribution >= 0.6 is 11.3 Å². The Balaban J connectivity index is 1.42. The molecule has 0 radical (unpaired) electrons. The number of phenolic OH excluding ortho intramolecular Hbond substituents is 1. The monoisotopic (exact) mass is 518 g/mol. The Bertz CT molecular complexity index is 1170.